The summed E-state index contributed by atoms with van der Waals surface area (Å²) in [6.07, 6.45) is 5.13. The highest BCUT2D eigenvalue weighted by atomic mass is 16.3. The third-order valence-electron chi connectivity index (χ3n) is 3.83. The van der Waals surface area contributed by atoms with Crippen LogP contribution in [0.2, 0.25) is 0 Å². The minimum absolute atomic E-state index is 0.281. The van der Waals surface area contributed by atoms with Gasteiger partial charge in [-0.25, -0.2) is 4.98 Å². The Balaban J connectivity index is 2.18. The third-order valence-corrected chi connectivity index (χ3v) is 3.83. The van der Waals surface area contributed by atoms with E-state index in [1.807, 2.05) is 12.3 Å². The van der Waals surface area contributed by atoms with Crippen LogP contribution in [-0.4, -0.2) is 29.8 Å². The summed E-state index contributed by atoms with van der Waals surface area (Å²) in [6, 6.07) is 2.01. The summed E-state index contributed by atoms with van der Waals surface area (Å²) in [4.78, 5) is 6.84. The highest BCUT2D eigenvalue weighted by molar-refractivity contribution is 5.50. The van der Waals surface area contributed by atoms with Crippen LogP contribution in [0.25, 0.3) is 0 Å². The standard InChI is InChI=1S/C14H23N3O/c1-11-4-6-16-14(13(11)9-15)17-7-2-3-12(10-17)5-8-18/h4,6,12,18H,2-3,5,7-10,15H2,1H3. The van der Waals surface area contributed by atoms with Crippen molar-refractivity contribution < 1.29 is 5.11 Å². The Morgan fingerprint density at radius 3 is 3.11 bits per heavy atom. The van der Waals surface area contributed by atoms with Crippen molar-refractivity contribution >= 4 is 5.82 Å². The van der Waals surface area contributed by atoms with Gasteiger partial charge in [0, 0.05) is 38.0 Å². The number of pyridine rings is 1. The van der Waals surface area contributed by atoms with E-state index in [0.717, 1.165) is 30.9 Å². The minimum atomic E-state index is 0.281. The zero-order valence-corrected chi connectivity index (χ0v) is 11.1. The molecule has 4 heteroatoms. The predicted molar refractivity (Wildman–Crippen MR) is 73.5 cm³/mol. The number of hydrogen-bond acceptors (Lipinski definition) is 4. The lowest BCUT2D eigenvalue weighted by atomic mass is 9.94. The molecule has 1 aliphatic rings. The van der Waals surface area contributed by atoms with E-state index in [1.165, 1.54) is 18.4 Å². The van der Waals surface area contributed by atoms with Crippen LogP contribution < -0.4 is 10.6 Å². The summed E-state index contributed by atoms with van der Waals surface area (Å²) in [6.45, 7) is 4.94. The van der Waals surface area contributed by atoms with E-state index in [1.54, 1.807) is 0 Å². The number of anilines is 1. The summed E-state index contributed by atoms with van der Waals surface area (Å²) in [5.74, 6) is 1.62. The number of nitrogens with zero attached hydrogens (tertiary/aromatic N) is 2. The van der Waals surface area contributed by atoms with E-state index < -0.39 is 0 Å². The van der Waals surface area contributed by atoms with E-state index in [9.17, 15) is 0 Å². The fraction of sp³-hybridized carbons (Fsp3) is 0.643. The second kappa shape index (κ2) is 6.16. The average Bonchev–Trinajstić information content (AvgIpc) is 2.39. The molecule has 0 amide bonds. The van der Waals surface area contributed by atoms with Crippen molar-refractivity contribution in [1.82, 2.24) is 4.98 Å². The summed E-state index contributed by atoms with van der Waals surface area (Å²) in [5.41, 5.74) is 8.21. The maximum atomic E-state index is 9.07. The zero-order chi connectivity index (χ0) is 13.0. The molecule has 100 valence electrons. The second-order valence-corrected chi connectivity index (χ2v) is 5.10. The van der Waals surface area contributed by atoms with Crippen molar-refractivity contribution in [1.29, 1.82) is 0 Å². The van der Waals surface area contributed by atoms with Crippen molar-refractivity contribution in [2.75, 3.05) is 24.6 Å². The van der Waals surface area contributed by atoms with Gasteiger partial charge in [-0.1, -0.05) is 0 Å². The van der Waals surface area contributed by atoms with Gasteiger partial charge in [0.1, 0.15) is 5.82 Å². The third kappa shape index (κ3) is 2.82. The van der Waals surface area contributed by atoms with Gasteiger partial charge in [-0.2, -0.15) is 0 Å². The van der Waals surface area contributed by atoms with Gasteiger partial charge in [0.15, 0.2) is 0 Å². The monoisotopic (exact) mass is 249 g/mol. The first kappa shape index (κ1) is 13.3. The molecule has 1 saturated heterocycles. The number of piperidine rings is 1. The van der Waals surface area contributed by atoms with Gasteiger partial charge in [0.05, 0.1) is 0 Å². The fourth-order valence-corrected chi connectivity index (χ4v) is 2.77. The van der Waals surface area contributed by atoms with E-state index in [-0.39, 0.29) is 6.61 Å². The number of hydrogen-bond donors (Lipinski definition) is 2. The van der Waals surface area contributed by atoms with Gasteiger partial charge < -0.3 is 15.7 Å². The largest absolute Gasteiger partial charge is 0.396 e. The maximum absolute atomic E-state index is 9.07. The van der Waals surface area contributed by atoms with Crippen LogP contribution in [-0.2, 0) is 6.54 Å². The van der Waals surface area contributed by atoms with E-state index >= 15 is 0 Å². The number of nitrogens with two attached hydrogens (primary N) is 1. The molecule has 0 radical (unpaired) electrons. The van der Waals surface area contributed by atoms with Crippen molar-refractivity contribution in [2.45, 2.75) is 32.7 Å². The van der Waals surface area contributed by atoms with Crippen molar-refractivity contribution in [3.8, 4) is 0 Å². The van der Waals surface area contributed by atoms with E-state index in [4.69, 9.17) is 10.8 Å². The van der Waals surface area contributed by atoms with Gasteiger partial charge in [0.2, 0.25) is 0 Å². The van der Waals surface area contributed by atoms with Crippen LogP contribution in [0, 0.1) is 12.8 Å². The summed E-state index contributed by atoms with van der Waals surface area (Å²) in [7, 11) is 0. The lowest BCUT2D eigenvalue weighted by Gasteiger charge is -2.34. The quantitative estimate of drug-likeness (QED) is 0.848. The Labute approximate surface area is 109 Å². The molecule has 0 bridgehead atoms. The van der Waals surface area contributed by atoms with Gasteiger partial charge in [-0.3, -0.25) is 0 Å². The topological polar surface area (TPSA) is 62.4 Å². The van der Waals surface area contributed by atoms with Gasteiger partial charge in [-0.15, -0.1) is 0 Å². The Morgan fingerprint density at radius 1 is 1.56 bits per heavy atom. The van der Waals surface area contributed by atoms with Crippen LogP contribution in [0.4, 0.5) is 5.82 Å². The summed E-state index contributed by atoms with van der Waals surface area (Å²) in [5, 5.41) is 9.07. The van der Waals surface area contributed by atoms with Gasteiger partial charge in [-0.05, 0) is 43.7 Å². The highest BCUT2D eigenvalue weighted by Gasteiger charge is 2.22. The Morgan fingerprint density at radius 2 is 2.39 bits per heavy atom. The Kier molecular flexibility index (Phi) is 4.55. The molecular weight excluding hydrogens is 226 g/mol. The van der Waals surface area contributed by atoms with Crippen LogP contribution >= 0.6 is 0 Å². The normalized spacial score (nSPS) is 20.2. The summed E-state index contributed by atoms with van der Waals surface area (Å²) >= 11 is 0. The molecule has 1 aromatic heterocycles. The van der Waals surface area contributed by atoms with Gasteiger partial charge in [0.25, 0.3) is 0 Å². The molecule has 0 saturated carbocycles. The molecule has 0 spiro atoms. The molecule has 3 N–H and O–H groups in total. The molecule has 1 unspecified atom stereocenters. The number of rotatable bonds is 4. The number of aliphatic hydroxyl groups excluding tert-OH is 1. The fourth-order valence-electron chi connectivity index (χ4n) is 2.77. The maximum Gasteiger partial charge on any atom is 0.133 e. The molecule has 4 nitrogen and oxygen atoms in total. The number of aliphatic hydroxyl groups is 1. The Bertz CT molecular complexity index is 393. The van der Waals surface area contributed by atoms with Crippen molar-refractivity contribution in [2.24, 2.45) is 11.7 Å². The first-order valence-corrected chi connectivity index (χ1v) is 6.76. The molecule has 18 heavy (non-hydrogen) atoms. The van der Waals surface area contributed by atoms with E-state index in [0.29, 0.717) is 12.5 Å². The average molecular weight is 249 g/mol. The molecule has 1 atom stereocenters. The molecule has 2 heterocycles. The SMILES string of the molecule is Cc1ccnc(N2CCCC(CCO)C2)c1CN. The smallest absolute Gasteiger partial charge is 0.133 e. The number of aromatic nitrogens is 1. The highest BCUT2D eigenvalue weighted by Crippen LogP contribution is 2.27. The molecule has 0 aromatic carbocycles. The molecular formula is C14H23N3O. The van der Waals surface area contributed by atoms with E-state index in [2.05, 4.69) is 16.8 Å². The van der Waals surface area contributed by atoms with Crippen LogP contribution in [0.5, 0.6) is 0 Å². The summed E-state index contributed by atoms with van der Waals surface area (Å²) < 4.78 is 0. The lowest BCUT2D eigenvalue weighted by Crippen LogP contribution is -2.37. The molecule has 2 rings (SSSR count). The van der Waals surface area contributed by atoms with Crippen molar-refractivity contribution in [3.05, 3.63) is 23.4 Å². The first-order chi connectivity index (χ1) is 8.76. The molecule has 1 fully saturated rings. The lowest BCUT2D eigenvalue weighted by molar-refractivity contribution is 0.244. The predicted octanol–water partition coefficient (Wildman–Crippen LogP) is 1.45. The Hall–Kier alpha value is -1.13. The first-order valence-electron chi connectivity index (χ1n) is 6.76. The minimum Gasteiger partial charge on any atom is -0.396 e. The van der Waals surface area contributed by atoms with Crippen LogP contribution in [0.15, 0.2) is 12.3 Å². The van der Waals surface area contributed by atoms with Gasteiger partial charge >= 0.3 is 0 Å². The van der Waals surface area contributed by atoms with Crippen molar-refractivity contribution in [3.63, 3.8) is 0 Å². The van der Waals surface area contributed by atoms with Crippen LogP contribution in [0.1, 0.15) is 30.4 Å². The zero-order valence-electron chi connectivity index (χ0n) is 11.1. The molecule has 1 aliphatic heterocycles. The molecule has 1 aromatic rings. The van der Waals surface area contributed by atoms with Crippen LogP contribution in [0.3, 0.4) is 0 Å². The molecule has 0 aliphatic carbocycles. The second-order valence-electron chi connectivity index (χ2n) is 5.10. The number of aryl methyl sites for hydroxylation is 1.